The number of anilines is 1. The van der Waals surface area contributed by atoms with Crippen molar-refractivity contribution in [3.05, 3.63) is 46.7 Å². The summed E-state index contributed by atoms with van der Waals surface area (Å²) in [6.07, 6.45) is 5.06. The monoisotopic (exact) mass is 344 g/mol. The van der Waals surface area contributed by atoms with E-state index in [1.54, 1.807) is 24.3 Å². The number of carbonyl (C=O) groups is 1. The Bertz CT molecular complexity index is 732. The SMILES string of the molecule is O=C(NCCn1nc(C2CC2)cc1C1CC1)Nc1ccc(Cl)cc1. The average molecular weight is 345 g/mol. The van der Waals surface area contributed by atoms with Gasteiger partial charge in [-0.15, -0.1) is 0 Å². The number of urea groups is 1. The fraction of sp³-hybridized carbons (Fsp3) is 0.444. The van der Waals surface area contributed by atoms with Crippen molar-refractivity contribution in [1.82, 2.24) is 15.1 Å². The third-order valence-electron chi connectivity index (χ3n) is 4.53. The molecule has 0 spiro atoms. The zero-order chi connectivity index (χ0) is 16.5. The summed E-state index contributed by atoms with van der Waals surface area (Å²) in [4.78, 5) is 12.0. The van der Waals surface area contributed by atoms with E-state index in [-0.39, 0.29) is 6.03 Å². The van der Waals surface area contributed by atoms with Crippen LogP contribution in [0.25, 0.3) is 0 Å². The van der Waals surface area contributed by atoms with E-state index in [4.69, 9.17) is 16.7 Å². The number of nitrogens with one attached hydrogen (secondary N) is 2. The molecule has 1 aromatic heterocycles. The minimum atomic E-state index is -0.208. The van der Waals surface area contributed by atoms with Crippen molar-refractivity contribution >= 4 is 23.3 Å². The molecule has 0 radical (unpaired) electrons. The van der Waals surface area contributed by atoms with Gasteiger partial charge in [0.05, 0.1) is 12.2 Å². The normalized spacial score (nSPS) is 16.9. The van der Waals surface area contributed by atoms with E-state index in [1.807, 2.05) is 0 Å². The zero-order valence-corrected chi connectivity index (χ0v) is 14.2. The maximum Gasteiger partial charge on any atom is 0.319 e. The first kappa shape index (κ1) is 15.5. The lowest BCUT2D eigenvalue weighted by atomic mass is 10.2. The number of rotatable bonds is 6. The first-order valence-corrected chi connectivity index (χ1v) is 8.95. The van der Waals surface area contributed by atoms with Crippen LogP contribution in [-0.4, -0.2) is 22.4 Å². The van der Waals surface area contributed by atoms with Crippen LogP contribution in [0.15, 0.2) is 30.3 Å². The molecule has 2 fully saturated rings. The lowest BCUT2D eigenvalue weighted by Crippen LogP contribution is -2.31. The first-order valence-electron chi connectivity index (χ1n) is 8.57. The maximum absolute atomic E-state index is 12.0. The van der Waals surface area contributed by atoms with Crippen LogP contribution < -0.4 is 10.6 Å². The summed E-state index contributed by atoms with van der Waals surface area (Å²) in [6, 6.07) is 9.14. The maximum atomic E-state index is 12.0. The Balaban J connectivity index is 1.30. The largest absolute Gasteiger partial charge is 0.336 e. The number of amides is 2. The van der Waals surface area contributed by atoms with Gasteiger partial charge in [0.25, 0.3) is 0 Å². The third kappa shape index (κ3) is 3.73. The summed E-state index contributed by atoms with van der Waals surface area (Å²) >= 11 is 5.84. The van der Waals surface area contributed by atoms with Gasteiger partial charge in [-0.25, -0.2) is 4.79 Å². The molecule has 5 nitrogen and oxygen atoms in total. The van der Waals surface area contributed by atoms with Gasteiger partial charge in [-0.1, -0.05) is 11.6 Å². The van der Waals surface area contributed by atoms with Gasteiger partial charge in [0.1, 0.15) is 0 Å². The zero-order valence-electron chi connectivity index (χ0n) is 13.5. The van der Waals surface area contributed by atoms with Crippen LogP contribution >= 0.6 is 11.6 Å². The van der Waals surface area contributed by atoms with Crippen molar-refractivity contribution < 1.29 is 4.79 Å². The highest BCUT2D eigenvalue weighted by Crippen LogP contribution is 2.44. The number of aromatic nitrogens is 2. The third-order valence-corrected chi connectivity index (χ3v) is 4.78. The van der Waals surface area contributed by atoms with Gasteiger partial charge in [0.2, 0.25) is 0 Å². The Kier molecular flexibility index (Phi) is 4.19. The molecule has 0 atom stereocenters. The van der Waals surface area contributed by atoms with E-state index in [0.717, 1.165) is 5.69 Å². The molecule has 0 bridgehead atoms. The Morgan fingerprint density at radius 2 is 1.88 bits per heavy atom. The topological polar surface area (TPSA) is 59.0 Å². The number of nitrogens with zero attached hydrogens (tertiary/aromatic N) is 2. The van der Waals surface area contributed by atoms with E-state index in [2.05, 4.69) is 21.4 Å². The Morgan fingerprint density at radius 1 is 1.17 bits per heavy atom. The summed E-state index contributed by atoms with van der Waals surface area (Å²) in [7, 11) is 0. The molecule has 2 amide bonds. The molecule has 2 aromatic rings. The van der Waals surface area contributed by atoms with Gasteiger partial charge in [0.15, 0.2) is 0 Å². The molecule has 1 aromatic carbocycles. The number of hydrogen-bond donors (Lipinski definition) is 2. The lowest BCUT2D eigenvalue weighted by molar-refractivity contribution is 0.251. The fourth-order valence-corrected chi connectivity index (χ4v) is 3.03. The summed E-state index contributed by atoms with van der Waals surface area (Å²) < 4.78 is 2.09. The number of benzene rings is 1. The van der Waals surface area contributed by atoms with E-state index in [9.17, 15) is 4.79 Å². The van der Waals surface area contributed by atoms with Crippen LogP contribution in [0.5, 0.6) is 0 Å². The Morgan fingerprint density at radius 3 is 2.54 bits per heavy atom. The Hall–Kier alpha value is -2.01. The molecule has 1 heterocycles. The summed E-state index contributed by atoms with van der Waals surface area (Å²) in [5.74, 6) is 1.35. The van der Waals surface area contributed by atoms with E-state index < -0.39 is 0 Å². The van der Waals surface area contributed by atoms with E-state index in [0.29, 0.717) is 29.9 Å². The highest BCUT2D eigenvalue weighted by molar-refractivity contribution is 6.30. The second kappa shape index (κ2) is 6.48. The van der Waals surface area contributed by atoms with E-state index in [1.165, 1.54) is 37.1 Å². The fourth-order valence-electron chi connectivity index (χ4n) is 2.90. The van der Waals surface area contributed by atoms with Crippen LogP contribution in [0.3, 0.4) is 0 Å². The van der Waals surface area contributed by atoms with Crippen LogP contribution in [-0.2, 0) is 6.54 Å². The van der Waals surface area contributed by atoms with Crippen LogP contribution in [0.2, 0.25) is 5.02 Å². The van der Waals surface area contributed by atoms with Crippen molar-refractivity contribution in [3.63, 3.8) is 0 Å². The summed E-state index contributed by atoms with van der Waals surface area (Å²) in [5, 5.41) is 11.1. The summed E-state index contributed by atoms with van der Waals surface area (Å²) in [5.41, 5.74) is 3.31. The molecule has 0 unspecified atom stereocenters. The number of carbonyl (C=O) groups excluding carboxylic acids is 1. The van der Waals surface area contributed by atoms with Gasteiger partial charge >= 0.3 is 6.03 Å². The van der Waals surface area contributed by atoms with Crippen LogP contribution in [0.4, 0.5) is 10.5 Å². The number of halogens is 1. The average Bonchev–Trinajstić information content (AvgIpc) is 3.48. The lowest BCUT2D eigenvalue weighted by Gasteiger charge is -2.09. The first-order chi connectivity index (χ1) is 11.7. The smallest absolute Gasteiger partial charge is 0.319 e. The molecule has 126 valence electrons. The highest BCUT2D eigenvalue weighted by atomic mass is 35.5. The van der Waals surface area contributed by atoms with Crippen molar-refractivity contribution in [2.24, 2.45) is 0 Å². The van der Waals surface area contributed by atoms with Crippen molar-refractivity contribution in [1.29, 1.82) is 0 Å². The second-order valence-corrected chi connectivity index (χ2v) is 7.09. The van der Waals surface area contributed by atoms with Gasteiger partial charge in [-0.3, -0.25) is 4.68 Å². The van der Waals surface area contributed by atoms with Gasteiger partial charge in [-0.2, -0.15) is 5.10 Å². The molecule has 2 N–H and O–H groups in total. The Labute approximate surface area is 146 Å². The quantitative estimate of drug-likeness (QED) is 0.828. The second-order valence-electron chi connectivity index (χ2n) is 6.65. The predicted octanol–water partition coefficient (Wildman–Crippen LogP) is 4.11. The minimum absolute atomic E-state index is 0.208. The molecular weight excluding hydrogens is 324 g/mol. The number of hydrogen-bond acceptors (Lipinski definition) is 2. The molecule has 4 rings (SSSR count). The van der Waals surface area contributed by atoms with Crippen molar-refractivity contribution in [2.45, 2.75) is 44.1 Å². The van der Waals surface area contributed by atoms with Gasteiger partial charge < -0.3 is 10.6 Å². The van der Waals surface area contributed by atoms with Crippen LogP contribution in [0.1, 0.15) is 48.9 Å². The van der Waals surface area contributed by atoms with Gasteiger partial charge in [0, 0.05) is 34.8 Å². The van der Waals surface area contributed by atoms with Gasteiger partial charge in [-0.05, 0) is 56.0 Å². The summed E-state index contributed by atoms with van der Waals surface area (Å²) in [6.45, 7) is 1.28. The minimum Gasteiger partial charge on any atom is -0.336 e. The molecule has 0 saturated heterocycles. The molecule has 0 aliphatic heterocycles. The highest BCUT2D eigenvalue weighted by Gasteiger charge is 2.32. The molecule has 24 heavy (non-hydrogen) atoms. The van der Waals surface area contributed by atoms with Crippen molar-refractivity contribution in [3.8, 4) is 0 Å². The molecule has 2 saturated carbocycles. The molecule has 2 aliphatic rings. The molecular formula is C18H21ClN4O. The molecule has 6 heteroatoms. The van der Waals surface area contributed by atoms with Crippen LogP contribution in [0, 0.1) is 0 Å². The standard InChI is InChI=1S/C18H21ClN4O/c19-14-5-7-15(8-6-14)21-18(24)20-9-10-23-17(13-3-4-13)11-16(22-23)12-1-2-12/h5-8,11-13H,1-4,9-10H2,(H2,20,21,24). The van der Waals surface area contributed by atoms with E-state index >= 15 is 0 Å². The predicted molar refractivity (Wildman–Crippen MR) is 94.7 cm³/mol. The molecule has 2 aliphatic carbocycles. The van der Waals surface area contributed by atoms with Crippen molar-refractivity contribution in [2.75, 3.05) is 11.9 Å².